The van der Waals surface area contributed by atoms with Crippen molar-refractivity contribution in [2.24, 2.45) is 5.73 Å². The van der Waals surface area contributed by atoms with Crippen molar-refractivity contribution in [3.63, 3.8) is 0 Å². The Morgan fingerprint density at radius 1 is 1.16 bits per heavy atom. The average molecular weight is 262 g/mol. The highest BCUT2D eigenvalue weighted by Crippen LogP contribution is 2.33. The van der Waals surface area contributed by atoms with E-state index in [1.165, 1.54) is 24.8 Å². The second kappa shape index (κ2) is 5.02. The quantitative estimate of drug-likeness (QED) is 0.906. The van der Waals surface area contributed by atoms with Crippen LogP contribution in [0.4, 0.5) is 0 Å². The van der Waals surface area contributed by atoms with E-state index in [9.17, 15) is 0 Å². The summed E-state index contributed by atoms with van der Waals surface area (Å²) >= 11 is 0. The van der Waals surface area contributed by atoms with E-state index in [4.69, 9.17) is 15.2 Å². The van der Waals surface area contributed by atoms with Crippen molar-refractivity contribution in [2.75, 3.05) is 19.9 Å². The Hall–Kier alpha value is -1.26. The van der Waals surface area contributed by atoms with Crippen LogP contribution in [-0.2, 0) is 6.42 Å². The maximum Gasteiger partial charge on any atom is 0.231 e. The monoisotopic (exact) mass is 262 g/mol. The third kappa shape index (κ3) is 2.69. The van der Waals surface area contributed by atoms with Gasteiger partial charge in [-0.2, -0.15) is 0 Å². The standard InChI is InChI=1S/C15H22N2O2/c1-15(16,17-7-3-2-4-8-17)10-12-5-6-13-14(9-12)19-11-18-13/h5-6,9H,2-4,7-8,10-11,16H2,1H3. The molecule has 0 saturated carbocycles. The van der Waals surface area contributed by atoms with Crippen molar-refractivity contribution in [2.45, 2.75) is 38.3 Å². The van der Waals surface area contributed by atoms with Crippen LogP contribution < -0.4 is 15.2 Å². The first-order valence-corrected chi connectivity index (χ1v) is 7.08. The molecule has 1 fully saturated rings. The normalized spacial score (nSPS) is 22.2. The molecule has 0 amide bonds. The molecule has 2 aliphatic rings. The van der Waals surface area contributed by atoms with Crippen LogP contribution in [0.3, 0.4) is 0 Å². The van der Waals surface area contributed by atoms with Crippen LogP contribution in [0.15, 0.2) is 18.2 Å². The summed E-state index contributed by atoms with van der Waals surface area (Å²) in [6.45, 7) is 4.67. The number of likely N-dealkylation sites (tertiary alicyclic amines) is 1. The molecule has 0 spiro atoms. The molecule has 19 heavy (non-hydrogen) atoms. The molecule has 0 aliphatic carbocycles. The Morgan fingerprint density at radius 2 is 1.89 bits per heavy atom. The van der Waals surface area contributed by atoms with Crippen LogP contribution in [-0.4, -0.2) is 30.4 Å². The van der Waals surface area contributed by atoms with Crippen LogP contribution in [0.2, 0.25) is 0 Å². The number of fused-ring (bicyclic) bond motifs is 1. The zero-order valence-corrected chi connectivity index (χ0v) is 11.5. The Balaban J connectivity index is 1.72. The largest absolute Gasteiger partial charge is 0.454 e. The van der Waals surface area contributed by atoms with Gasteiger partial charge in [0.15, 0.2) is 11.5 Å². The summed E-state index contributed by atoms with van der Waals surface area (Å²) in [5, 5.41) is 0. The number of rotatable bonds is 3. The van der Waals surface area contributed by atoms with E-state index < -0.39 is 0 Å². The molecule has 4 nitrogen and oxygen atoms in total. The average Bonchev–Trinajstić information content (AvgIpc) is 2.87. The molecule has 1 aromatic carbocycles. The minimum atomic E-state index is -0.284. The van der Waals surface area contributed by atoms with Gasteiger partial charge < -0.3 is 15.2 Å². The first kappa shape index (κ1) is 12.8. The fraction of sp³-hybridized carbons (Fsp3) is 0.600. The van der Waals surface area contributed by atoms with Gasteiger partial charge in [0, 0.05) is 6.42 Å². The first-order valence-electron chi connectivity index (χ1n) is 7.08. The Bertz CT molecular complexity index is 453. The fourth-order valence-electron chi connectivity index (χ4n) is 2.98. The lowest BCUT2D eigenvalue weighted by Gasteiger charge is -2.40. The maximum atomic E-state index is 6.52. The van der Waals surface area contributed by atoms with Crippen LogP contribution >= 0.6 is 0 Å². The minimum absolute atomic E-state index is 0.284. The van der Waals surface area contributed by atoms with Crippen molar-refractivity contribution < 1.29 is 9.47 Å². The van der Waals surface area contributed by atoms with Crippen molar-refractivity contribution >= 4 is 0 Å². The lowest BCUT2D eigenvalue weighted by atomic mass is 9.97. The molecule has 2 heterocycles. The highest BCUT2D eigenvalue weighted by molar-refractivity contribution is 5.44. The molecule has 0 radical (unpaired) electrons. The topological polar surface area (TPSA) is 47.7 Å². The SMILES string of the molecule is CC(N)(Cc1ccc2c(c1)OCO2)N1CCCCC1. The highest BCUT2D eigenvalue weighted by atomic mass is 16.7. The molecule has 2 aliphatic heterocycles. The zero-order valence-electron chi connectivity index (χ0n) is 11.5. The van der Waals surface area contributed by atoms with Gasteiger partial charge in [-0.1, -0.05) is 12.5 Å². The third-order valence-corrected chi connectivity index (χ3v) is 4.08. The van der Waals surface area contributed by atoms with E-state index in [0.717, 1.165) is 31.0 Å². The van der Waals surface area contributed by atoms with Crippen LogP contribution in [0, 0.1) is 0 Å². The smallest absolute Gasteiger partial charge is 0.231 e. The lowest BCUT2D eigenvalue weighted by molar-refractivity contribution is 0.0856. The molecular weight excluding hydrogens is 240 g/mol. The molecule has 2 N–H and O–H groups in total. The summed E-state index contributed by atoms with van der Waals surface area (Å²) in [5.41, 5.74) is 7.45. The summed E-state index contributed by atoms with van der Waals surface area (Å²) in [6, 6.07) is 6.11. The van der Waals surface area contributed by atoms with E-state index in [1.807, 2.05) is 6.07 Å². The molecule has 1 aromatic rings. The zero-order chi connectivity index (χ0) is 13.3. The van der Waals surface area contributed by atoms with Gasteiger partial charge in [0.1, 0.15) is 0 Å². The second-order valence-electron chi connectivity index (χ2n) is 5.77. The summed E-state index contributed by atoms with van der Waals surface area (Å²) in [6.07, 6.45) is 4.68. The molecule has 1 unspecified atom stereocenters. The summed E-state index contributed by atoms with van der Waals surface area (Å²) in [4.78, 5) is 2.40. The van der Waals surface area contributed by atoms with Crippen LogP contribution in [0.5, 0.6) is 11.5 Å². The fourth-order valence-corrected chi connectivity index (χ4v) is 2.98. The summed E-state index contributed by atoms with van der Waals surface area (Å²) in [7, 11) is 0. The predicted molar refractivity (Wildman–Crippen MR) is 74.3 cm³/mol. The lowest BCUT2D eigenvalue weighted by Crippen LogP contribution is -2.56. The molecule has 0 bridgehead atoms. The number of nitrogens with zero attached hydrogens (tertiary/aromatic N) is 1. The molecule has 1 atom stereocenters. The van der Waals surface area contributed by atoms with Crippen LogP contribution in [0.1, 0.15) is 31.7 Å². The van der Waals surface area contributed by atoms with Gasteiger partial charge >= 0.3 is 0 Å². The summed E-state index contributed by atoms with van der Waals surface area (Å²) < 4.78 is 10.8. The maximum absolute atomic E-state index is 6.52. The first-order chi connectivity index (χ1) is 9.15. The van der Waals surface area contributed by atoms with E-state index in [-0.39, 0.29) is 5.66 Å². The van der Waals surface area contributed by atoms with E-state index in [1.54, 1.807) is 0 Å². The van der Waals surface area contributed by atoms with Gasteiger partial charge in [0.05, 0.1) is 5.66 Å². The van der Waals surface area contributed by atoms with Gasteiger partial charge in [0.2, 0.25) is 6.79 Å². The van der Waals surface area contributed by atoms with Gasteiger partial charge in [-0.25, -0.2) is 0 Å². The Morgan fingerprint density at radius 3 is 2.68 bits per heavy atom. The van der Waals surface area contributed by atoms with Crippen molar-refractivity contribution in [3.8, 4) is 11.5 Å². The van der Waals surface area contributed by atoms with E-state index in [0.29, 0.717) is 6.79 Å². The van der Waals surface area contributed by atoms with Gasteiger partial charge in [-0.15, -0.1) is 0 Å². The van der Waals surface area contributed by atoms with Gasteiger partial charge in [-0.3, -0.25) is 4.90 Å². The number of ether oxygens (including phenoxy) is 2. The van der Waals surface area contributed by atoms with E-state index in [2.05, 4.69) is 24.0 Å². The van der Waals surface area contributed by atoms with Gasteiger partial charge in [0.25, 0.3) is 0 Å². The number of benzene rings is 1. The molecule has 3 rings (SSSR count). The summed E-state index contributed by atoms with van der Waals surface area (Å²) in [5.74, 6) is 1.67. The minimum Gasteiger partial charge on any atom is -0.454 e. The van der Waals surface area contributed by atoms with Crippen LogP contribution in [0.25, 0.3) is 0 Å². The molecule has 104 valence electrons. The molecule has 1 saturated heterocycles. The highest BCUT2D eigenvalue weighted by Gasteiger charge is 2.29. The van der Waals surface area contributed by atoms with Crippen molar-refractivity contribution in [1.82, 2.24) is 4.90 Å². The van der Waals surface area contributed by atoms with Crippen molar-refractivity contribution in [1.29, 1.82) is 0 Å². The number of hydrogen-bond acceptors (Lipinski definition) is 4. The Labute approximate surface area is 114 Å². The second-order valence-corrected chi connectivity index (χ2v) is 5.77. The van der Waals surface area contributed by atoms with Crippen molar-refractivity contribution in [3.05, 3.63) is 23.8 Å². The third-order valence-electron chi connectivity index (χ3n) is 4.08. The number of nitrogens with two attached hydrogens (primary N) is 1. The Kier molecular flexibility index (Phi) is 3.37. The molecular formula is C15H22N2O2. The molecule has 0 aromatic heterocycles. The number of hydrogen-bond donors (Lipinski definition) is 1. The molecule has 4 heteroatoms. The van der Waals surface area contributed by atoms with E-state index >= 15 is 0 Å². The van der Waals surface area contributed by atoms with Gasteiger partial charge in [-0.05, 0) is 50.6 Å². The number of piperidine rings is 1. The predicted octanol–water partition coefficient (Wildman–Crippen LogP) is 2.12.